The minimum atomic E-state index is -0.494. The second-order valence-corrected chi connectivity index (χ2v) is 6.94. The molecule has 0 spiro atoms. The molecule has 2 heterocycles. The molecule has 3 aromatic rings. The highest BCUT2D eigenvalue weighted by atomic mass is 32.1. The number of non-ortho nitro benzene ring substituents is 1. The van der Waals surface area contributed by atoms with Crippen molar-refractivity contribution in [3.8, 4) is 5.88 Å². The summed E-state index contributed by atoms with van der Waals surface area (Å²) >= 11 is 0.918. The molecule has 1 aliphatic heterocycles. The van der Waals surface area contributed by atoms with Crippen molar-refractivity contribution in [2.75, 3.05) is 0 Å². The molecule has 1 N–H and O–H groups in total. The number of fused-ring (bicyclic) bond motifs is 1. The second-order valence-electron chi connectivity index (χ2n) is 5.94. The molecule has 0 unspecified atom stereocenters. The lowest BCUT2D eigenvalue weighted by Gasteiger charge is -2.04. The van der Waals surface area contributed by atoms with Gasteiger partial charge in [0.25, 0.3) is 5.69 Å². The number of nitrogens with zero attached hydrogens (tertiary/aromatic N) is 3. The zero-order valence-electron chi connectivity index (χ0n) is 13.9. The molecule has 4 rings (SSSR count). The van der Waals surface area contributed by atoms with E-state index in [1.165, 1.54) is 16.7 Å². The number of nitro benzene ring substituents is 1. The normalized spacial score (nSPS) is 13.9. The Morgan fingerprint density at radius 1 is 1.22 bits per heavy atom. The number of aliphatic imine (C=N–C) groups is 1. The van der Waals surface area contributed by atoms with Crippen molar-refractivity contribution < 1.29 is 10.0 Å². The molecule has 7 nitrogen and oxygen atoms in total. The number of para-hydroxylation sites is 1. The van der Waals surface area contributed by atoms with Gasteiger partial charge in [0, 0.05) is 29.5 Å². The third kappa shape index (κ3) is 3.18. The fourth-order valence-corrected chi connectivity index (χ4v) is 3.73. The number of aromatic nitrogens is 1. The Morgan fingerprint density at radius 3 is 2.85 bits per heavy atom. The van der Waals surface area contributed by atoms with Crippen LogP contribution in [0.3, 0.4) is 0 Å². The zero-order valence-corrected chi connectivity index (χ0v) is 14.7. The van der Waals surface area contributed by atoms with Crippen molar-refractivity contribution in [1.29, 1.82) is 0 Å². The van der Waals surface area contributed by atoms with E-state index in [0.717, 1.165) is 28.2 Å². The first-order valence-electron chi connectivity index (χ1n) is 8.04. The number of thiazole rings is 1. The van der Waals surface area contributed by atoms with Crippen molar-refractivity contribution in [1.82, 2.24) is 4.57 Å². The van der Waals surface area contributed by atoms with E-state index >= 15 is 0 Å². The predicted molar refractivity (Wildman–Crippen MR) is 105 cm³/mol. The third-order valence-corrected chi connectivity index (χ3v) is 5.12. The number of nitro groups is 1. The van der Waals surface area contributed by atoms with Gasteiger partial charge < -0.3 is 5.11 Å². The van der Waals surface area contributed by atoms with E-state index in [1.54, 1.807) is 24.4 Å². The number of hydrogen-bond acceptors (Lipinski definition) is 6. The average molecular weight is 379 g/mol. The van der Waals surface area contributed by atoms with E-state index in [0.29, 0.717) is 10.4 Å². The number of aromatic hydroxyl groups is 1. The molecule has 0 aliphatic carbocycles. The van der Waals surface area contributed by atoms with Gasteiger partial charge in [-0.3, -0.25) is 24.5 Å². The Kier molecular flexibility index (Phi) is 4.17. The fraction of sp³-hybridized carbons (Fsp3) is 0.0526. The monoisotopic (exact) mass is 379 g/mol. The molecular formula is C19H13N3O4S. The molecule has 1 aliphatic rings. The average Bonchev–Trinajstić information content (AvgIpc) is 3.19. The molecule has 0 amide bonds. The number of allylic oxidation sites excluding steroid dienone is 1. The Labute approximate surface area is 157 Å². The highest BCUT2D eigenvalue weighted by molar-refractivity contribution is 7.10. The van der Waals surface area contributed by atoms with Crippen LogP contribution in [0.4, 0.5) is 11.4 Å². The number of benzene rings is 2. The van der Waals surface area contributed by atoms with Gasteiger partial charge in [-0.15, -0.1) is 0 Å². The molecule has 0 saturated heterocycles. The number of hydrogen-bond donors (Lipinski definition) is 1. The molecule has 27 heavy (non-hydrogen) atoms. The SMILES string of the molecule is O=c1sc(/C=C2/C=Nc3ccccc32)c(O)n1Cc1cccc([N+](=O)[O-])c1. The summed E-state index contributed by atoms with van der Waals surface area (Å²) in [5.74, 6) is -0.165. The van der Waals surface area contributed by atoms with Crippen LogP contribution in [0.15, 0.2) is 58.3 Å². The van der Waals surface area contributed by atoms with Crippen LogP contribution in [-0.2, 0) is 6.54 Å². The molecule has 0 saturated carbocycles. The molecule has 0 radical (unpaired) electrons. The maximum absolute atomic E-state index is 12.3. The van der Waals surface area contributed by atoms with Crippen LogP contribution < -0.4 is 4.87 Å². The van der Waals surface area contributed by atoms with Crippen molar-refractivity contribution in [2.45, 2.75) is 6.54 Å². The first-order valence-corrected chi connectivity index (χ1v) is 8.85. The third-order valence-electron chi connectivity index (χ3n) is 4.20. The Balaban J connectivity index is 1.69. The van der Waals surface area contributed by atoms with Crippen molar-refractivity contribution in [3.63, 3.8) is 0 Å². The second kappa shape index (κ2) is 6.65. The van der Waals surface area contributed by atoms with E-state index in [-0.39, 0.29) is 23.0 Å². The smallest absolute Gasteiger partial charge is 0.310 e. The molecule has 0 fully saturated rings. The van der Waals surface area contributed by atoms with Gasteiger partial charge in [0.05, 0.1) is 22.0 Å². The molecule has 134 valence electrons. The standard InChI is InChI=1S/C19H13N3O4S/c23-18-17(9-13-10-20-16-7-2-1-6-15(13)16)27-19(24)21(18)11-12-4-3-5-14(8-12)22(25)26/h1-10,23H,11H2/b13-9-. The van der Waals surface area contributed by atoms with Crippen LogP contribution in [0, 0.1) is 10.1 Å². The van der Waals surface area contributed by atoms with Gasteiger partial charge in [-0.2, -0.15) is 0 Å². The topological polar surface area (TPSA) is 97.7 Å². The van der Waals surface area contributed by atoms with Crippen LogP contribution >= 0.6 is 11.3 Å². The zero-order chi connectivity index (χ0) is 19.0. The van der Waals surface area contributed by atoms with Gasteiger partial charge in [-0.05, 0) is 17.7 Å². The Bertz CT molecular complexity index is 1170. The Morgan fingerprint density at radius 2 is 2.04 bits per heavy atom. The summed E-state index contributed by atoms with van der Waals surface area (Å²) in [4.78, 5) is 27.1. The van der Waals surface area contributed by atoms with Gasteiger partial charge in [-0.1, -0.05) is 41.7 Å². The summed E-state index contributed by atoms with van der Waals surface area (Å²) in [7, 11) is 0. The lowest BCUT2D eigenvalue weighted by Crippen LogP contribution is -2.13. The fourth-order valence-electron chi connectivity index (χ4n) is 2.89. The van der Waals surface area contributed by atoms with Crippen LogP contribution in [0.5, 0.6) is 5.88 Å². The lowest BCUT2D eigenvalue weighted by atomic mass is 10.1. The van der Waals surface area contributed by atoms with Gasteiger partial charge >= 0.3 is 4.87 Å². The van der Waals surface area contributed by atoms with Crippen molar-refractivity contribution >= 4 is 40.6 Å². The maximum atomic E-state index is 12.3. The molecule has 8 heteroatoms. The molecular weight excluding hydrogens is 366 g/mol. The summed E-state index contributed by atoms with van der Waals surface area (Å²) in [5, 5.41) is 21.4. The van der Waals surface area contributed by atoms with Gasteiger partial charge in [0.2, 0.25) is 5.88 Å². The minimum Gasteiger partial charge on any atom is -0.493 e. The van der Waals surface area contributed by atoms with E-state index in [4.69, 9.17) is 0 Å². The van der Waals surface area contributed by atoms with Crippen molar-refractivity contribution in [3.05, 3.63) is 84.3 Å². The van der Waals surface area contributed by atoms with E-state index in [2.05, 4.69) is 4.99 Å². The molecule has 2 aromatic carbocycles. The largest absolute Gasteiger partial charge is 0.493 e. The maximum Gasteiger partial charge on any atom is 0.310 e. The van der Waals surface area contributed by atoms with Gasteiger partial charge in [0.1, 0.15) is 0 Å². The van der Waals surface area contributed by atoms with E-state index < -0.39 is 4.92 Å². The summed E-state index contributed by atoms with van der Waals surface area (Å²) in [6, 6.07) is 13.6. The van der Waals surface area contributed by atoms with E-state index in [1.807, 2.05) is 24.3 Å². The molecule has 1 aromatic heterocycles. The van der Waals surface area contributed by atoms with Crippen LogP contribution in [-0.4, -0.2) is 20.8 Å². The summed E-state index contributed by atoms with van der Waals surface area (Å²) in [6.45, 7) is 0.0523. The lowest BCUT2D eigenvalue weighted by molar-refractivity contribution is -0.384. The summed E-state index contributed by atoms with van der Waals surface area (Å²) < 4.78 is 1.20. The number of rotatable bonds is 4. The van der Waals surface area contributed by atoms with Crippen molar-refractivity contribution in [2.24, 2.45) is 4.99 Å². The quantitative estimate of drug-likeness (QED) is 0.550. The molecule has 0 bridgehead atoms. The van der Waals surface area contributed by atoms with Crippen LogP contribution in [0.1, 0.15) is 16.0 Å². The van der Waals surface area contributed by atoms with Crippen LogP contribution in [0.25, 0.3) is 11.6 Å². The minimum absolute atomic E-state index is 0.0523. The predicted octanol–water partition coefficient (Wildman–Crippen LogP) is 3.83. The summed E-state index contributed by atoms with van der Waals surface area (Å²) in [6.07, 6.45) is 3.42. The first-order chi connectivity index (χ1) is 13.0. The highest BCUT2D eigenvalue weighted by Crippen LogP contribution is 2.34. The highest BCUT2D eigenvalue weighted by Gasteiger charge is 2.17. The molecule has 0 atom stereocenters. The first kappa shape index (κ1) is 16.9. The van der Waals surface area contributed by atoms with E-state index in [9.17, 15) is 20.0 Å². The van der Waals surface area contributed by atoms with Crippen LogP contribution in [0.2, 0.25) is 0 Å². The Hall–Kier alpha value is -3.52. The van der Waals surface area contributed by atoms with Gasteiger partial charge in [-0.25, -0.2) is 0 Å². The van der Waals surface area contributed by atoms with Gasteiger partial charge in [0.15, 0.2) is 0 Å². The summed E-state index contributed by atoms with van der Waals surface area (Å²) in [5.41, 5.74) is 3.09.